The molecule has 10 heteroatoms. The first-order valence-electron chi connectivity index (χ1n) is 8.23. The summed E-state index contributed by atoms with van der Waals surface area (Å²) in [5, 5.41) is 18.8. The Balaban J connectivity index is 2.15. The molecule has 2 rings (SSSR count). The van der Waals surface area contributed by atoms with Gasteiger partial charge in [-0.15, -0.1) is 5.10 Å². The summed E-state index contributed by atoms with van der Waals surface area (Å²) < 4.78 is 12.1. The first-order valence-corrected chi connectivity index (χ1v) is 9.90. The summed E-state index contributed by atoms with van der Waals surface area (Å²) in [5.41, 5.74) is 0.718. The van der Waals surface area contributed by atoms with Crippen molar-refractivity contribution in [1.82, 2.24) is 5.32 Å². The monoisotopic (exact) mass is 457 g/mol. The minimum Gasteiger partial charge on any atom is -0.490 e. The molecule has 1 atom stereocenters. The van der Waals surface area contributed by atoms with E-state index in [2.05, 4.69) is 31.4 Å². The van der Waals surface area contributed by atoms with Crippen molar-refractivity contribution >= 4 is 51.0 Å². The van der Waals surface area contributed by atoms with Gasteiger partial charge in [0.05, 0.1) is 25.3 Å². The van der Waals surface area contributed by atoms with Crippen molar-refractivity contribution in [3.63, 3.8) is 0 Å². The van der Waals surface area contributed by atoms with E-state index in [1.807, 2.05) is 20.8 Å². The molecule has 1 heterocycles. The number of benzene rings is 1. The van der Waals surface area contributed by atoms with Crippen LogP contribution in [0.2, 0.25) is 0 Å². The van der Waals surface area contributed by atoms with Crippen LogP contribution in [0.25, 0.3) is 0 Å². The highest BCUT2D eigenvalue weighted by molar-refractivity contribution is 9.10. The molecule has 0 radical (unpaired) electrons. The number of aliphatic carboxylic acids is 1. The summed E-state index contributed by atoms with van der Waals surface area (Å²) in [4.78, 5) is 22.4. The van der Waals surface area contributed by atoms with E-state index in [0.717, 1.165) is 21.8 Å². The van der Waals surface area contributed by atoms with Crippen molar-refractivity contribution in [3.05, 3.63) is 22.2 Å². The second kappa shape index (κ2) is 9.75. The number of halogens is 1. The Bertz CT molecular complexity index is 782. The summed E-state index contributed by atoms with van der Waals surface area (Å²) in [6, 6.07) is 3.58. The first-order chi connectivity index (χ1) is 12.8. The predicted octanol–water partition coefficient (Wildman–Crippen LogP) is 3.03. The van der Waals surface area contributed by atoms with Crippen molar-refractivity contribution in [3.8, 4) is 11.5 Å². The number of carboxylic acid groups (broad SMARTS) is 1. The molecule has 0 bridgehead atoms. The predicted molar refractivity (Wildman–Crippen MR) is 108 cm³/mol. The van der Waals surface area contributed by atoms with Crippen molar-refractivity contribution < 1.29 is 24.2 Å². The number of ether oxygens (including phenoxy) is 2. The number of hydrogen-bond donors (Lipinski definition) is 2. The van der Waals surface area contributed by atoms with Gasteiger partial charge < -0.3 is 19.9 Å². The second-order valence-electron chi connectivity index (χ2n) is 5.76. The Morgan fingerprint density at radius 3 is 2.81 bits per heavy atom. The lowest BCUT2D eigenvalue weighted by Gasteiger charge is -2.15. The highest BCUT2D eigenvalue weighted by Crippen LogP contribution is 2.34. The van der Waals surface area contributed by atoms with Crippen LogP contribution in [0, 0.1) is 0 Å². The summed E-state index contributed by atoms with van der Waals surface area (Å²) in [7, 11) is 0. The third-order valence-electron chi connectivity index (χ3n) is 3.21. The normalized spacial score (nSPS) is 18.3. The van der Waals surface area contributed by atoms with Crippen molar-refractivity contribution in [2.75, 3.05) is 6.61 Å². The smallest absolute Gasteiger partial charge is 0.305 e. The van der Waals surface area contributed by atoms with E-state index in [1.165, 1.54) is 6.21 Å². The zero-order valence-corrected chi connectivity index (χ0v) is 17.5. The van der Waals surface area contributed by atoms with E-state index >= 15 is 0 Å². The van der Waals surface area contributed by atoms with Crippen LogP contribution in [0.3, 0.4) is 0 Å². The highest BCUT2D eigenvalue weighted by atomic mass is 79.9. The minimum absolute atomic E-state index is 0.00349. The van der Waals surface area contributed by atoms with E-state index in [0.29, 0.717) is 18.1 Å². The van der Waals surface area contributed by atoms with Gasteiger partial charge in [0, 0.05) is 10.0 Å². The number of nitrogens with one attached hydrogen (secondary N) is 1. The molecule has 1 amide bonds. The Morgan fingerprint density at radius 1 is 1.44 bits per heavy atom. The quantitative estimate of drug-likeness (QED) is 0.458. The molecule has 1 saturated heterocycles. The molecule has 0 spiro atoms. The maximum Gasteiger partial charge on any atom is 0.305 e. The fraction of sp³-hybridized carbons (Fsp3) is 0.412. The molecule has 2 N–H and O–H groups in total. The van der Waals surface area contributed by atoms with Gasteiger partial charge in [-0.05, 0) is 48.8 Å². The van der Waals surface area contributed by atoms with Gasteiger partial charge in [0.25, 0.3) is 0 Å². The van der Waals surface area contributed by atoms with Crippen LogP contribution in [-0.2, 0) is 9.59 Å². The highest BCUT2D eigenvalue weighted by Gasteiger charge is 2.32. The summed E-state index contributed by atoms with van der Waals surface area (Å²) >= 11 is 4.51. The molecule has 0 saturated carbocycles. The molecule has 1 aromatic rings. The maximum atomic E-state index is 11.7. The van der Waals surface area contributed by atoms with Gasteiger partial charge >= 0.3 is 5.97 Å². The lowest BCUT2D eigenvalue weighted by Crippen LogP contribution is -2.26. The summed E-state index contributed by atoms with van der Waals surface area (Å²) in [5.74, 6) is -0.208. The zero-order valence-electron chi connectivity index (χ0n) is 15.1. The van der Waals surface area contributed by atoms with Gasteiger partial charge in [0.2, 0.25) is 5.91 Å². The topological polar surface area (TPSA) is 110 Å². The van der Waals surface area contributed by atoms with E-state index in [9.17, 15) is 9.59 Å². The van der Waals surface area contributed by atoms with Gasteiger partial charge in [-0.2, -0.15) is 5.10 Å². The molecule has 146 valence electrons. The molecule has 1 fully saturated rings. The SMILES string of the molecule is CCOc1cc(C=NN=C2NC(=O)C(CC(=O)O)S2)c(Br)cc1OC(C)C. The number of carboxylic acids is 1. The molecule has 27 heavy (non-hydrogen) atoms. The van der Waals surface area contributed by atoms with Gasteiger partial charge in [0.15, 0.2) is 16.7 Å². The van der Waals surface area contributed by atoms with Crippen LogP contribution in [0.15, 0.2) is 26.8 Å². The fourth-order valence-corrected chi connectivity index (χ4v) is 3.49. The number of amidine groups is 1. The average molecular weight is 458 g/mol. The Kier molecular flexibility index (Phi) is 7.66. The number of carbonyl (C=O) groups is 2. The Hall–Kier alpha value is -2.07. The third-order valence-corrected chi connectivity index (χ3v) is 4.97. The number of rotatable bonds is 8. The van der Waals surface area contributed by atoms with E-state index in [-0.39, 0.29) is 23.6 Å². The van der Waals surface area contributed by atoms with Crippen LogP contribution >= 0.6 is 27.7 Å². The largest absolute Gasteiger partial charge is 0.490 e. The van der Waals surface area contributed by atoms with Crippen LogP contribution in [0.5, 0.6) is 11.5 Å². The van der Waals surface area contributed by atoms with E-state index in [1.54, 1.807) is 12.1 Å². The van der Waals surface area contributed by atoms with E-state index in [4.69, 9.17) is 14.6 Å². The lowest BCUT2D eigenvalue weighted by molar-refractivity contribution is -0.138. The molecule has 1 unspecified atom stereocenters. The van der Waals surface area contributed by atoms with Gasteiger partial charge in [0.1, 0.15) is 5.25 Å². The van der Waals surface area contributed by atoms with Crippen LogP contribution in [0.4, 0.5) is 0 Å². The standard InChI is InChI=1S/C17H20BrN3O5S/c1-4-25-12-5-10(11(18)6-13(12)26-9(2)3)8-19-21-17-20-16(24)14(27-17)7-15(22)23/h5-6,8-9,14H,4,7H2,1-3H3,(H,22,23)(H,20,21,24). The molecule has 0 aromatic heterocycles. The first kappa shape index (κ1) is 21.2. The minimum atomic E-state index is -1.04. The maximum absolute atomic E-state index is 11.7. The van der Waals surface area contributed by atoms with Crippen molar-refractivity contribution in [2.24, 2.45) is 10.2 Å². The zero-order chi connectivity index (χ0) is 20.0. The number of carbonyl (C=O) groups excluding carboxylic acids is 1. The molecule has 0 aliphatic carbocycles. The molecular weight excluding hydrogens is 438 g/mol. The summed E-state index contributed by atoms with van der Waals surface area (Å²) in [6.45, 7) is 6.23. The molecular formula is C17H20BrN3O5S. The van der Waals surface area contributed by atoms with Crippen LogP contribution < -0.4 is 14.8 Å². The lowest BCUT2D eigenvalue weighted by atomic mass is 10.2. The number of hydrogen-bond acceptors (Lipinski definition) is 7. The number of nitrogens with zero attached hydrogens (tertiary/aromatic N) is 2. The van der Waals surface area contributed by atoms with Crippen LogP contribution in [0.1, 0.15) is 32.8 Å². The molecule has 1 aromatic carbocycles. The molecule has 1 aliphatic rings. The van der Waals surface area contributed by atoms with Gasteiger partial charge in [-0.1, -0.05) is 11.8 Å². The van der Waals surface area contributed by atoms with Gasteiger partial charge in [-0.3, -0.25) is 9.59 Å². The third kappa shape index (κ3) is 6.24. The van der Waals surface area contributed by atoms with Crippen LogP contribution in [-0.4, -0.2) is 46.3 Å². The van der Waals surface area contributed by atoms with Gasteiger partial charge in [-0.25, -0.2) is 0 Å². The van der Waals surface area contributed by atoms with Crippen molar-refractivity contribution in [1.29, 1.82) is 0 Å². The summed E-state index contributed by atoms with van der Waals surface area (Å²) in [6.07, 6.45) is 1.25. The molecule has 1 aliphatic heterocycles. The number of thioether (sulfide) groups is 1. The Morgan fingerprint density at radius 2 is 2.19 bits per heavy atom. The van der Waals surface area contributed by atoms with Crippen molar-refractivity contribution in [2.45, 2.75) is 38.5 Å². The number of amides is 1. The Labute approximate surface area is 169 Å². The van der Waals surface area contributed by atoms with E-state index < -0.39 is 11.2 Å². The molecule has 8 nitrogen and oxygen atoms in total. The second-order valence-corrected chi connectivity index (χ2v) is 7.81. The fourth-order valence-electron chi connectivity index (χ4n) is 2.15. The average Bonchev–Trinajstić information content (AvgIpc) is 2.90.